The fourth-order valence-electron chi connectivity index (χ4n) is 3.34. The maximum absolute atomic E-state index is 4.56. The Morgan fingerprint density at radius 2 is 2.19 bits per heavy atom. The van der Waals surface area contributed by atoms with Gasteiger partial charge in [-0.1, -0.05) is 27.2 Å². The summed E-state index contributed by atoms with van der Waals surface area (Å²) in [5.41, 5.74) is 1.10. The molecular formula is C16H25N5. The van der Waals surface area contributed by atoms with Gasteiger partial charge in [0.15, 0.2) is 0 Å². The van der Waals surface area contributed by atoms with Crippen molar-refractivity contribution in [3.05, 3.63) is 18.1 Å². The van der Waals surface area contributed by atoms with Crippen molar-refractivity contribution >= 4 is 11.6 Å². The third-order valence-electron chi connectivity index (χ3n) is 4.79. The zero-order valence-electron chi connectivity index (χ0n) is 13.3. The number of aromatic nitrogens is 4. The van der Waals surface area contributed by atoms with Crippen LogP contribution < -0.4 is 4.90 Å². The lowest BCUT2D eigenvalue weighted by molar-refractivity contribution is 0.345. The van der Waals surface area contributed by atoms with E-state index in [9.17, 15) is 0 Å². The number of piperidine rings is 1. The fraction of sp³-hybridized carbons (Fsp3) is 0.688. The molecule has 2 atom stereocenters. The Kier molecular flexibility index (Phi) is 4.08. The van der Waals surface area contributed by atoms with Gasteiger partial charge in [-0.05, 0) is 31.6 Å². The molecule has 0 aliphatic carbocycles. The topological polar surface area (TPSA) is 46.3 Å². The van der Waals surface area contributed by atoms with Gasteiger partial charge in [-0.15, -0.1) is 0 Å². The minimum atomic E-state index is 0.600. The number of aryl methyl sites for hydroxylation is 1. The van der Waals surface area contributed by atoms with E-state index in [0.717, 1.165) is 24.4 Å². The summed E-state index contributed by atoms with van der Waals surface area (Å²) in [7, 11) is 0. The largest absolute Gasteiger partial charge is 0.353 e. The van der Waals surface area contributed by atoms with Crippen LogP contribution in [0.3, 0.4) is 0 Å². The maximum atomic E-state index is 4.56. The number of rotatable bonds is 4. The van der Waals surface area contributed by atoms with Crippen molar-refractivity contribution in [3.8, 4) is 0 Å². The van der Waals surface area contributed by atoms with Gasteiger partial charge in [-0.2, -0.15) is 14.6 Å². The van der Waals surface area contributed by atoms with E-state index in [4.69, 9.17) is 0 Å². The summed E-state index contributed by atoms with van der Waals surface area (Å²) in [6.45, 7) is 7.90. The molecule has 0 bridgehead atoms. The molecular weight excluding hydrogens is 262 g/mol. The van der Waals surface area contributed by atoms with Crippen molar-refractivity contribution in [2.24, 2.45) is 5.92 Å². The van der Waals surface area contributed by atoms with E-state index in [-0.39, 0.29) is 0 Å². The summed E-state index contributed by atoms with van der Waals surface area (Å²) < 4.78 is 1.90. The van der Waals surface area contributed by atoms with Crippen molar-refractivity contribution < 1.29 is 0 Å². The highest BCUT2D eigenvalue weighted by molar-refractivity contribution is 5.48. The van der Waals surface area contributed by atoms with E-state index in [1.54, 1.807) is 6.33 Å². The molecule has 2 aromatic heterocycles. The van der Waals surface area contributed by atoms with Crippen molar-refractivity contribution in [2.45, 2.75) is 58.9 Å². The van der Waals surface area contributed by atoms with E-state index in [2.05, 4.69) is 46.8 Å². The molecule has 3 rings (SSSR count). The van der Waals surface area contributed by atoms with Gasteiger partial charge in [0.25, 0.3) is 5.78 Å². The Hall–Kier alpha value is -1.65. The molecule has 5 heteroatoms. The molecule has 1 aliphatic rings. The Labute approximate surface area is 126 Å². The quantitative estimate of drug-likeness (QED) is 0.867. The SMILES string of the molecule is CCc1cc(N2CCCCC2C(C)CC)n2ncnc2n1. The lowest BCUT2D eigenvalue weighted by atomic mass is 9.90. The maximum Gasteiger partial charge on any atom is 0.254 e. The zero-order valence-corrected chi connectivity index (χ0v) is 13.3. The van der Waals surface area contributed by atoms with Crippen LogP contribution in [0.5, 0.6) is 0 Å². The van der Waals surface area contributed by atoms with Crippen LogP contribution in [0, 0.1) is 5.92 Å². The van der Waals surface area contributed by atoms with Crippen molar-refractivity contribution in [3.63, 3.8) is 0 Å². The first-order valence-electron chi connectivity index (χ1n) is 8.20. The standard InChI is InChI=1S/C16H25N5/c1-4-12(3)14-8-6-7-9-20(14)15-10-13(5-2)19-16-17-11-18-21(15)16/h10-12,14H,4-9H2,1-3H3. The molecule has 2 unspecified atom stereocenters. The number of fused-ring (bicyclic) bond motifs is 1. The average molecular weight is 287 g/mol. The second-order valence-corrected chi connectivity index (χ2v) is 6.07. The van der Waals surface area contributed by atoms with Crippen LogP contribution in [0.4, 0.5) is 5.82 Å². The third kappa shape index (κ3) is 2.61. The second-order valence-electron chi connectivity index (χ2n) is 6.07. The molecule has 0 radical (unpaired) electrons. The molecule has 5 nitrogen and oxygen atoms in total. The lowest BCUT2D eigenvalue weighted by Crippen LogP contribution is -2.44. The predicted octanol–water partition coefficient (Wildman–Crippen LogP) is 3.09. The van der Waals surface area contributed by atoms with Crippen molar-refractivity contribution in [1.82, 2.24) is 19.6 Å². The molecule has 3 heterocycles. The number of hydrogen-bond donors (Lipinski definition) is 0. The van der Waals surface area contributed by atoms with E-state index in [1.165, 1.54) is 31.5 Å². The van der Waals surface area contributed by atoms with Gasteiger partial charge in [-0.25, -0.2) is 4.98 Å². The van der Waals surface area contributed by atoms with Crippen molar-refractivity contribution in [1.29, 1.82) is 0 Å². The molecule has 1 aliphatic heterocycles. The Morgan fingerprint density at radius 3 is 2.95 bits per heavy atom. The van der Waals surface area contributed by atoms with Crippen LogP contribution in [0.15, 0.2) is 12.4 Å². The van der Waals surface area contributed by atoms with E-state index >= 15 is 0 Å². The lowest BCUT2D eigenvalue weighted by Gasteiger charge is -2.40. The first kappa shape index (κ1) is 14.3. The van der Waals surface area contributed by atoms with Crippen LogP contribution >= 0.6 is 0 Å². The molecule has 0 saturated carbocycles. The Morgan fingerprint density at radius 1 is 1.33 bits per heavy atom. The molecule has 2 aromatic rings. The fourth-order valence-corrected chi connectivity index (χ4v) is 3.34. The summed E-state index contributed by atoms with van der Waals surface area (Å²) >= 11 is 0. The minimum absolute atomic E-state index is 0.600. The first-order chi connectivity index (χ1) is 10.2. The monoisotopic (exact) mass is 287 g/mol. The Bertz CT molecular complexity index is 606. The average Bonchev–Trinajstić information content (AvgIpc) is 3.01. The van der Waals surface area contributed by atoms with E-state index < -0.39 is 0 Å². The summed E-state index contributed by atoms with van der Waals surface area (Å²) in [4.78, 5) is 11.4. The van der Waals surface area contributed by atoms with Crippen molar-refractivity contribution in [2.75, 3.05) is 11.4 Å². The highest BCUT2D eigenvalue weighted by atomic mass is 15.4. The van der Waals surface area contributed by atoms with Crippen LogP contribution in [-0.2, 0) is 6.42 Å². The van der Waals surface area contributed by atoms with Gasteiger partial charge < -0.3 is 4.90 Å². The van der Waals surface area contributed by atoms with Crippen LogP contribution in [0.25, 0.3) is 5.78 Å². The predicted molar refractivity (Wildman–Crippen MR) is 84.6 cm³/mol. The van der Waals surface area contributed by atoms with Crippen LogP contribution in [-0.4, -0.2) is 32.2 Å². The van der Waals surface area contributed by atoms with Gasteiger partial charge in [0, 0.05) is 24.3 Å². The van der Waals surface area contributed by atoms with E-state index in [0.29, 0.717) is 12.0 Å². The number of anilines is 1. The summed E-state index contributed by atoms with van der Waals surface area (Å²) in [6, 6.07) is 2.80. The van der Waals surface area contributed by atoms with Crippen LogP contribution in [0.1, 0.15) is 52.1 Å². The molecule has 0 spiro atoms. The molecule has 0 N–H and O–H groups in total. The number of hydrogen-bond acceptors (Lipinski definition) is 4. The third-order valence-corrected chi connectivity index (χ3v) is 4.79. The summed E-state index contributed by atoms with van der Waals surface area (Å²) in [5.74, 6) is 2.58. The van der Waals surface area contributed by atoms with Crippen LogP contribution in [0.2, 0.25) is 0 Å². The molecule has 1 saturated heterocycles. The summed E-state index contributed by atoms with van der Waals surface area (Å²) in [6.07, 6.45) is 7.61. The van der Waals surface area contributed by atoms with Gasteiger partial charge in [0.2, 0.25) is 0 Å². The Balaban J connectivity index is 2.06. The minimum Gasteiger partial charge on any atom is -0.353 e. The molecule has 1 fully saturated rings. The van der Waals surface area contributed by atoms with Gasteiger partial charge in [0.05, 0.1) is 0 Å². The van der Waals surface area contributed by atoms with Gasteiger partial charge in [0.1, 0.15) is 12.1 Å². The van der Waals surface area contributed by atoms with E-state index in [1.807, 2.05) is 4.52 Å². The van der Waals surface area contributed by atoms with Gasteiger partial charge >= 0.3 is 0 Å². The highest BCUT2D eigenvalue weighted by Gasteiger charge is 2.28. The molecule has 0 aromatic carbocycles. The molecule has 114 valence electrons. The first-order valence-corrected chi connectivity index (χ1v) is 8.20. The zero-order chi connectivity index (χ0) is 14.8. The molecule has 0 amide bonds. The second kappa shape index (κ2) is 6.00. The smallest absolute Gasteiger partial charge is 0.254 e. The highest BCUT2D eigenvalue weighted by Crippen LogP contribution is 2.30. The number of nitrogens with zero attached hydrogens (tertiary/aromatic N) is 5. The normalized spacial score (nSPS) is 20.9. The molecule has 21 heavy (non-hydrogen) atoms. The van der Waals surface area contributed by atoms with Gasteiger partial charge in [-0.3, -0.25) is 0 Å². The summed E-state index contributed by atoms with van der Waals surface area (Å²) in [5, 5.41) is 4.39.